The van der Waals surface area contributed by atoms with Crippen molar-refractivity contribution in [3.05, 3.63) is 11.6 Å². The minimum Gasteiger partial charge on any atom is -0.342 e. The van der Waals surface area contributed by atoms with Crippen molar-refractivity contribution >= 4 is 11.8 Å². The number of nitrogens with zero attached hydrogens (tertiary/aromatic N) is 6. The van der Waals surface area contributed by atoms with E-state index in [-0.39, 0.29) is 11.6 Å². The predicted molar refractivity (Wildman–Crippen MR) is 53.7 cm³/mol. The molecule has 0 aliphatic heterocycles. The zero-order valence-corrected chi connectivity index (χ0v) is 9.50. The number of carbonyl (C=O) groups is 2. The van der Waals surface area contributed by atoms with Crippen LogP contribution in [0.4, 0.5) is 0 Å². The van der Waals surface area contributed by atoms with Crippen LogP contribution in [-0.4, -0.2) is 70.2 Å². The monoisotopic (exact) mass is 224 g/mol. The Balaban J connectivity index is 2.92. The van der Waals surface area contributed by atoms with Gasteiger partial charge in [0.2, 0.25) is 0 Å². The lowest BCUT2D eigenvalue weighted by molar-refractivity contribution is 0.0791. The lowest BCUT2D eigenvalue weighted by atomic mass is 10.5. The van der Waals surface area contributed by atoms with Gasteiger partial charge < -0.3 is 9.80 Å². The van der Waals surface area contributed by atoms with Crippen LogP contribution in [-0.2, 0) is 0 Å². The largest absolute Gasteiger partial charge is 0.342 e. The Morgan fingerprint density at radius 1 is 0.750 bits per heavy atom. The summed E-state index contributed by atoms with van der Waals surface area (Å²) in [5.41, 5.74) is 0. The Morgan fingerprint density at radius 2 is 1.00 bits per heavy atom. The molecule has 0 N–H and O–H groups in total. The summed E-state index contributed by atoms with van der Waals surface area (Å²) in [7, 11) is 6.24. The summed E-state index contributed by atoms with van der Waals surface area (Å²) < 4.78 is 0. The average Bonchev–Trinajstić information content (AvgIpc) is 2.27. The molecule has 86 valence electrons. The molecule has 8 nitrogen and oxygen atoms in total. The van der Waals surface area contributed by atoms with E-state index >= 15 is 0 Å². The molecule has 0 bridgehead atoms. The van der Waals surface area contributed by atoms with E-state index in [4.69, 9.17) is 0 Å². The number of hydrogen-bond acceptors (Lipinski definition) is 6. The Bertz CT molecular complexity index is 360. The highest BCUT2D eigenvalue weighted by Gasteiger charge is 2.17. The van der Waals surface area contributed by atoms with E-state index in [1.165, 1.54) is 9.80 Å². The summed E-state index contributed by atoms with van der Waals surface area (Å²) in [5, 5.41) is 14.2. The van der Waals surface area contributed by atoms with Gasteiger partial charge in [0.15, 0.2) is 0 Å². The number of hydrogen-bond donors (Lipinski definition) is 0. The Kier molecular flexibility index (Phi) is 3.44. The van der Waals surface area contributed by atoms with Crippen LogP contribution in [0.3, 0.4) is 0 Å². The van der Waals surface area contributed by atoms with Crippen LogP contribution in [0.1, 0.15) is 21.2 Å². The Labute approximate surface area is 92.3 Å². The van der Waals surface area contributed by atoms with Gasteiger partial charge in [-0.3, -0.25) is 9.59 Å². The highest BCUT2D eigenvalue weighted by atomic mass is 16.2. The van der Waals surface area contributed by atoms with Gasteiger partial charge in [-0.15, -0.1) is 20.4 Å². The van der Waals surface area contributed by atoms with Gasteiger partial charge in [-0.1, -0.05) is 0 Å². The molecule has 0 unspecified atom stereocenters. The summed E-state index contributed by atoms with van der Waals surface area (Å²) >= 11 is 0. The zero-order valence-electron chi connectivity index (χ0n) is 9.50. The molecule has 0 aromatic carbocycles. The minimum absolute atomic E-state index is 0.139. The fourth-order valence-electron chi connectivity index (χ4n) is 0.801. The third-order valence-corrected chi connectivity index (χ3v) is 1.67. The number of aromatic nitrogens is 4. The second-order valence-electron chi connectivity index (χ2n) is 3.45. The third-order valence-electron chi connectivity index (χ3n) is 1.67. The van der Waals surface area contributed by atoms with E-state index < -0.39 is 11.8 Å². The molecule has 0 radical (unpaired) electrons. The van der Waals surface area contributed by atoms with E-state index in [1.54, 1.807) is 28.2 Å². The minimum atomic E-state index is -0.413. The standard InChI is InChI=1S/C8H12N6O2/c1-13(2)7(15)5-9-11-6(12-10-5)8(16)14(3)4/h1-4H3. The molecule has 8 heteroatoms. The van der Waals surface area contributed by atoms with Gasteiger partial charge in [0.1, 0.15) is 0 Å². The summed E-state index contributed by atoms with van der Waals surface area (Å²) in [6.07, 6.45) is 0. The van der Waals surface area contributed by atoms with Crippen LogP contribution in [0.25, 0.3) is 0 Å². The number of rotatable bonds is 2. The van der Waals surface area contributed by atoms with E-state index in [2.05, 4.69) is 20.4 Å². The molecule has 2 amide bonds. The molecule has 1 rings (SSSR count). The highest BCUT2D eigenvalue weighted by Crippen LogP contribution is 1.94. The maximum atomic E-state index is 11.4. The van der Waals surface area contributed by atoms with Gasteiger partial charge >= 0.3 is 0 Å². The van der Waals surface area contributed by atoms with Crippen LogP contribution in [0.2, 0.25) is 0 Å². The second kappa shape index (κ2) is 4.60. The fourth-order valence-corrected chi connectivity index (χ4v) is 0.801. The van der Waals surface area contributed by atoms with Gasteiger partial charge in [0, 0.05) is 28.2 Å². The smallest absolute Gasteiger partial charge is 0.294 e. The SMILES string of the molecule is CN(C)C(=O)c1nnc(C(=O)N(C)C)nn1. The third kappa shape index (κ3) is 2.47. The average molecular weight is 224 g/mol. The van der Waals surface area contributed by atoms with Crippen molar-refractivity contribution < 1.29 is 9.59 Å². The molecule has 0 atom stereocenters. The normalized spacial score (nSPS) is 9.75. The van der Waals surface area contributed by atoms with Crippen LogP contribution < -0.4 is 0 Å². The van der Waals surface area contributed by atoms with Crippen molar-refractivity contribution in [3.63, 3.8) is 0 Å². The Morgan fingerprint density at radius 3 is 1.19 bits per heavy atom. The number of carbonyl (C=O) groups excluding carboxylic acids is 2. The zero-order chi connectivity index (χ0) is 12.3. The topological polar surface area (TPSA) is 92.2 Å². The van der Waals surface area contributed by atoms with Crippen LogP contribution >= 0.6 is 0 Å². The maximum Gasteiger partial charge on any atom is 0.294 e. The summed E-state index contributed by atoms with van der Waals surface area (Å²) in [6.45, 7) is 0. The lowest BCUT2D eigenvalue weighted by Crippen LogP contribution is -2.28. The molecule has 16 heavy (non-hydrogen) atoms. The first-order valence-corrected chi connectivity index (χ1v) is 4.44. The molecule has 0 aliphatic carbocycles. The van der Waals surface area contributed by atoms with Crippen molar-refractivity contribution in [1.29, 1.82) is 0 Å². The molecule has 0 aliphatic rings. The van der Waals surface area contributed by atoms with Gasteiger partial charge in [0.25, 0.3) is 23.5 Å². The molecule has 0 saturated carbocycles. The molecular formula is C8H12N6O2. The molecule has 1 aromatic rings. The van der Waals surface area contributed by atoms with Crippen LogP contribution in [0, 0.1) is 0 Å². The van der Waals surface area contributed by atoms with E-state index in [0.29, 0.717) is 0 Å². The van der Waals surface area contributed by atoms with Gasteiger partial charge in [-0.25, -0.2) is 0 Å². The van der Waals surface area contributed by atoms with E-state index in [1.807, 2.05) is 0 Å². The quantitative estimate of drug-likeness (QED) is 0.618. The fraction of sp³-hybridized carbons (Fsp3) is 0.500. The van der Waals surface area contributed by atoms with Crippen molar-refractivity contribution in [1.82, 2.24) is 30.2 Å². The lowest BCUT2D eigenvalue weighted by Gasteiger charge is -2.09. The maximum absolute atomic E-state index is 11.4. The predicted octanol–water partition coefficient (Wildman–Crippen LogP) is -1.33. The first kappa shape index (κ1) is 12.0. The van der Waals surface area contributed by atoms with Crippen LogP contribution in [0.15, 0.2) is 0 Å². The van der Waals surface area contributed by atoms with Crippen molar-refractivity contribution in [2.75, 3.05) is 28.2 Å². The van der Waals surface area contributed by atoms with Crippen molar-refractivity contribution in [2.24, 2.45) is 0 Å². The van der Waals surface area contributed by atoms with Crippen molar-refractivity contribution in [3.8, 4) is 0 Å². The van der Waals surface area contributed by atoms with Gasteiger partial charge in [0.05, 0.1) is 0 Å². The van der Waals surface area contributed by atoms with Crippen molar-refractivity contribution in [2.45, 2.75) is 0 Å². The highest BCUT2D eigenvalue weighted by molar-refractivity contribution is 5.91. The molecule has 1 aromatic heterocycles. The summed E-state index contributed by atoms with van der Waals surface area (Å²) in [5.74, 6) is -1.10. The first-order valence-electron chi connectivity index (χ1n) is 4.44. The summed E-state index contributed by atoms with van der Waals surface area (Å²) in [4.78, 5) is 25.4. The molecular weight excluding hydrogens is 212 g/mol. The second-order valence-corrected chi connectivity index (χ2v) is 3.45. The number of amides is 2. The molecule has 1 heterocycles. The van der Waals surface area contributed by atoms with E-state index in [9.17, 15) is 9.59 Å². The first-order chi connectivity index (χ1) is 7.43. The molecule has 0 saturated heterocycles. The molecule has 0 spiro atoms. The van der Waals surface area contributed by atoms with Crippen LogP contribution in [0.5, 0.6) is 0 Å². The Hall–Kier alpha value is -2.12. The summed E-state index contributed by atoms with van der Waals surface area (Å²) in [6, 6.07) is 0. The van der Waals surface area contributed by atoms with E-state index in [0.717, 1.165) is 0 Å². The van der Waals surface area contributed by atoms with Gasteiger partial charge in [-0.2, -0.15) is 0 Å². The molecule has 0 fully saturated rings. The van der Waals surface area contributed by atoms with Gasteiger partial charge in [-0.05, 0) is 0 Å².